The van der Waals surface area contributed by atoms with Crippen LogP contribution in [-0.2, 0) is 17.8 Å². The number of ether oxygens (including phenoxy) is 2. The summed E-state index contributed by atoms with van der Waals surface area (Å²) in [6.45, 7) is 2.35. The minimum absolute atomic E-state index is 0.360. The van der Waals surface area contributed by atoms with E-state index >= 15 is 0 Å². The fourth-order valence-corrected chi connectivity index (χ4v) is 2.15. The number of hydrogen-bond acceptors (Lipinski definition) is 4. The SMILES string of the molecule is COS(C)(CCCOCC1CO1)OC. The maximum absolute atomic E-state index is 5.42. The van der Waals surface area contributed by atoms with Crippen molar-refractivity contribution in [3.8, 4) is 0 Å². The summed E-state index contributed by atoms with van der Waals surface area (Å²) < 4.78 is 21.1. The molecular formula is C9H20O4S. The molecule has 0 radical (unpaired) electrons. The average molecular weight is 224 g/mol. The van der Waals surface area contributed by atoms with Gasteiger partial charge in [0.25, 0.3) is 0 Å². The van der Waals surface area contributed by atoms with Gasteiger partial charge in [-0.3, -0.25) is 8.37 Å². The van der Waals surface area contributed by atoms with Crippen LogP contribution in [0.1, 0.15) is 6.42 Å². The molecule has 0 bridgehead atoms. The number of epoxide rings is 1. The summed E-state index contributed by atoms with van der Waals surface area (Å²) in [6.07, 6.45) is 3.34. The van der Waals surface area contributed by atoms with E-state index in [9.17, 15) is 0 Å². The van der Waals surface area contributed by atoms with Crippen molar-refractivity contribution in [2.45, 2.75) is 12.5 Å². The Morgan fingerprint density at radius 3 is 2.50 bits per heavy atom. The smallest absolute Gasteiger partial charge is 0.104 e. The minimum Gasteiger partial charge on any atom is -0.379 e. The van der Waals surface area contributed by atoms with Gasteiger partial charge in [0.1, 0.15) is 6.10 Å². The van der Waals surface area contributed by atoms with Gasteiger partial charge in [0, 0.05) is 18.6 Å². The maximum atomic E-state index is 5.42. The molecule has 0 N–H and O–H groups in total. The second kappa shape index (κ2) is 5.92. The third kappa shape index (κ3) is 4.61. The molecule has 1 rings (SSSR count). The third-order valence-electron chi connectivity index (χ3n) is 2.22. The van der Waals surface area contributed by atoms with Crippen LogP contribution in [0.4, 0.5) is 0 Å². The van der Waals surface area contributed by atoms with Crippen molar-refractivity contribution in [1.29, 1.82) is 0 Å². The van der Waals surface area contributed by atoms with E-state index in [-0.39, 0.29) is 0 Å². The van der Waals surface area contributed by atoms with Gasteiger partial charge >= 0.3 is 0 Å². The van der Waals surface area contributed by atoms with Crippen LogP contribution in [0.15, 0.2) is 0 Å². The first-order valence-electron chi connectivity index (χ1n) is 4.76. The van der Waals surface area contributed by atoms with Crippen molar-refractivity contribution in [3.05, 3.63) is 0 Å². The van der Waals surface area contributed by atoms with Gasteiger partial charge in [-0.1, -0.05) is 0 Å². The van der Waals surface area contributed by atoms with Crippen molar-refractivity contribution in [3.63, 3.8) is 0 Å². The molecule has 1 unspecified atom stereocenters. The lowest BCUT2D eigenvalue weighted by Gasteiger charge is -2.36. The van der Waals surface area contributed by atoms with Gasteiger partial charge in [-0.25, -0.2) is 0 Å². The fraction of sp³-hybridized carbons (Fsp3) is 1.00. The zero-order chi connectivity index (χ0) is 10.4. The quantitative estimate of drug-likeness (QED) is 0.461. The zero-order valence-electron chi connectivity index (χ0n) is 9.15. The van der Waals surface area contributed by atoms with Gasteiger partial charge < -0.3 is 9.47 Å². The predicted octanol–water partition coefficient (Wildman–Crippen LogP) is 1.35. The molecule has 0 saturated carbocycles. The lowest BCUT2D eigenvalue weighted by Crippen LogP contribution is -2.10. The first-order valence-corrected chi connectivity index (χ1v) is 6.83. The molecule has 1 aliphatic rings. The summed E-state index contributed by atoms with van der Waals surface area (Å²) in [5.74, 6) is 0.922. The Bertz CT molecular complexity index is 157. The van der Waals surface area contributed by atoms with E-state index in [2.05, 4.69) is 0 Å². The molecule has 0 aromatic carbocycles. The van der Waals surface area contributed by atoms with Crippen molar-refractivity contribution in [2.75, 3.05) is 46.0 Å². The molecule has 0 aliphatic carbocycles. The van der Waals surface area contributed by atoms with Crippen LogP contribution in [0, 0.1) is 0 Å². The summed E-state index contributed by atoms with van der Waals surface area (Å²) in [5, 5.41) is 0. The third-order valence-corrected chi connectivity index (χ3v) is 4.66. The lowest BCUT2D eigenvalue weighted by atomic mass is 10.5. The molecule has 4 nitrogen and oxygen atoms in total. The maximum Gasteiger partial charge on any atom is 0.104 e. The first-order chi connectivity index (χ1) is 6.70. The van der Waals surface area contributed by atoms with E-state index in [4.69, 9.17) is 17.8 Å². The Balaban J connectivity index is 1.95. The molecule has 0 aromatic rings. The monoisotopic (exact) mass is 224 g/mol. The van der Waals surface area contributed by atoms with E-state index in [0.29, 0.717) is 6.10 Å². The van der Waals surface area contributed by atoms with Gasteiger partial charge in [-0.2, -0.15) is 10.6 Å². The van der Waals surface area contributed by atoms with E-state index < -0.39 is 10.6 Å². The second-order valence-electron chi connectivity index (χ2n) is 3.35. The Morgan fingerprint density at radius 2 is 2.00 bits per heavy atom. The predicted molar refractivity (Wildman–Crippen MR) is 57.6 cm³/mol. The molecule has 5 heteroatoms. The fourth-order valence-electron chi connectivity index (χ4n) is 1.04. The Morgan fingerprint density at radius 1 is 1.36 bits per heavy atom. The Hall–Kier alpha value is 0.190. The molecule has 0 spiro atoms. The largest absolute Gasteiger partial charge is 0.379 e. The van der Waals surface area contributed by atoms with Crippen LogP contribution in [0.5, 0.6) is 0 Å². The molecule has 0 amide bonds. The summed E-state index contributed by atoms with van der Waals surface area (Å²) in [6, 6.07) is 0. The van der Waals surface area contributed by atoms with Crippen molar-refractivity contribution in [1.82, 2.24) is 0 Å². The lowest BCUT2D eigenvalue weighted by molar-refractivity contribution is 0.117. The molecule has 1 aliphatic heterocycles. The van der Waals surface area contributed by atoms with E-state index in [0.717, 1.165) is 32.0 Å². The molecule has 1 saturated heterocycles. The summed E-state index contributed by atoms with van der Waals surface area (Å²) >= 11 is 0. The Kier molecular flexibility index (Phi) is 5.19. The summed E-state index contributed by atoms with van der Waals surface area (Å²) in [4.78, 5) is 0. The first kappa shape index (κ1) is 12.3. The highest BCUT2D eigenvalue weighted by atomic mass is 32.3. The van der Waals surface area contributed by atoms with Crippen LogP contribution in [0.25, 0.3) is 0 Å². The van der Waals surface area contributed by atoms with Gasteiger partial charge in [0.05, 0.1) is 27.4 Å². The van der Waals surface area contributed by atoms with Gasteiger partial charge in [-0.05, 0) is 6.42 Å². The standard InChI is InChI=1S/C9H20O4S/c1-10-14(3,11-2)6-4-5-12-7-9-8-13-9/h9H,4-8H2,1-3H3. The minimum atomic E-state index is -1.31. The van der Waals surface area contributed by atoms with Crippen molar-refractivity contribution in [2.24, 2.45) is 0 Å². The summed E-state index contributed by atoms with van der Waals surface area (Å²) in [5.41, 5.74) is 0. The number of rotatable bonds is 8. The molecule has 1 fully saturated rings. The van der Waals surface area contributed by atoms with Crippen molar-refractivity contribution >= 4 is 10.6 Å². The molecule has 1 atom stereocenters. The van der Waals surface area contributed by atoms with Crippen LogP contribution < -0.4 is 0 Å². The van der Waals surface area contributed by atoms with Crippen LogP contribution in [0.2, 0.25) is 0 Å². The normalized spacial score (nSPS) is 22.4. The van der Waals surface area contributed by atoms with E-state index in [1.165, 1.54) is 0 Å². The molecule has 14 heavy (non-hydrogen) atoms. The second-order valence-corrected chi connectivity index (χ2v) is 6.27. The van der Waals surface area contributed by atoms with Gasteiger partial charge in [-0.15, -0.1) is 0 Å². The highest BCUT2D eigenvalue weighted by molar-refractivity contribution is 8.25. The highest BCUT2D eigenvalue weighted by Gasteiger charge is 2.22. The zero-order valence-corrected chi connectivity index (χ0v) is 9.97. The van der Waals surface area contributed by atoms with Crippen LogP contribution in [-0.4, -0.2) is 52.2 Å². The van der Waals surface area contributed by atoms with Crippen molar-refractivity contribution < 1.29 is 17.8 Å². The number of hydrogen-bond donors (Lipinski definition) is 0. The van der Waals surface area contributed by atoms with Crippen LogP contribution >= 0.6 is 10.6 Å². The molecule has 86 valence electrons. The Labute approximate surface area is 87.6 Å². The molecular weight excluding hydrogens is 204 g/mol. The van der Waals surface area contributed by atoms with Gasteiger partial charge in [0.2, 0.25) is 0 Å². The summed E-state index contributed by atoms with van der Waals surface area (Å²) in [7, 11) is 2.07. The topological polar surface area (TPSA) is 40.2 Å². The van der Waals surface area contributed by atoms with E-state index in [1.807, 2.05) is 6.26 Å². The van der Waals surface area contributed by atoms with E-state index in [1.54, 1.807) is 14.2 Å². The molecule has 0 aromatic heterocycles. The average Bonchev–Trinajstić information content (AvgIpc) is 3.01. The van der Waals surface area contributed by atoms with Gasteiger partial charge in [0.15, 0.2) is 0 Å². The molecule has 1 heterocycles. The highest BCUT2D eigenvalue weighted by Crippen LogP contribution is 2.45. The van der Waals surface area contributed by atoms with Crippen LogP contribution in [0.3, 0.4) is 0 Å².